The lowest BCUT2D eigenvalue weighted by molar-refractivity contribution is -0.131. The molecule has 2 rings (SSSR count). The second kappa shape index (κ2) is 4.74. The lowest BCUT2D eigenvalue weighted by Gasteiger charge is -2.38. The van der Waals surface area contributed by atoms with E-state index in [1.54, 1.807) is 0 Å². The minimum atomic E-state index is 0.269. The van der Waals surface area contributed by atoms with Gasteiger partial charge < -0.3 is 4.90 Å². The first-order valence-electron chi connectivity index (χ1n) is 6.64. The van der Waals surface area contributed by atoms with Crippen molar-refractivity contribution in [1.29, 1.82) is 0 Å². The van der Waals surface area contributed by atoms with Crippen LogP contribution < -0.4 is 5.32 Å². The molecule has 92 valence electrons. The van der Waals surface area contributed by atoms with E-state index in [1.807, 2.05) is 0 Å². The second-order valence-corrected chi connectivity index (χ2v) is 5.78. The highest BCUT2D eigenvalue weighted by atomic mass is 16.2. The molecule has 3 heteroatoms. The maximum atomic E-state index is 11.9. The van der Waals surface area contributed by atoms with Crippen molar-refractivity contribution in [3.63, 3.8) is 0 Å². The molecule has 1 heterocycles. The molecule has 3 nitrogen and oxygen atoms in total. The fourth-order valence-electron chi connectivity index (χ4n) is 3.04. The van der Waals surface area contributed by atoms with Gasteiger partial charge in [0.2, 0.25) is 5.91 Å². The zero-order chi connectivity index (χ0) is 11.7. The summed E-state index contributed by atoms with van der Waals surface area (Å²) in [6, 6.07) is 0.492. The Labute approximate surface area is 98.6 Å². The summed E-state index contributed by atoms with van der Waals surface area (Å²) in [5.74, 6) is 1.66. The average molecular weight is 224 g/mol. The molecule has 1 saturated heterocycles. The molecule has 1 unspecified atom stereocenters. The molecule has 0 aromatic heterocycles. The van der Waals surface area contributed by atoms with E-state index in [2.05, 4.69) is 31.0 Å². The Morgan fingerprint density at radius 2 is 1.88 bits per heavy atom. The molecule has 1 amide bonds. The van der Waals surface area contributed by atoms with E-state index in [4.69, 9.17) is 0 Å². The molecule has 1 N–H and O–H groups in total. The van der Waals surface area contributed by atoms with E-state index in [0.29, 0.717) is 24.4 Å². The fourth-order valence-corrected chi connectivity index (χ4v) is 3.04. The Kier molecular flexibility index (Phi) is 3.53. The molecule has 1 saturated carbocycles. The van der Waals surface area contributed by atoms with Gasteiger partial charge in [0.05, 0.1) is 12.7 Å². The first kappa shape index (κ1) is 11.9. The Bertz CT molecular complexity index is 257. The van der Waals surface area contributed by atoms with Gasteiger partial charge in [-0.1, -0.05) is 20.8 Å². The number of nitrogens with one attached hydrogen (secondary N) is 1. The van der Waals surface area contributed by atoms with Crippen LogP contribution in [0.4, 0.5) is 0 Å². The zero-order valence-electron chi connectivity index (χ0n) is 10.7. The molecule has 2 aliphatic rings. The minimum Gasteiger partial charge on any atom is -0.323 e. The second-order valence-electron chi connectivity index (χ2n) is 5.78. The summed E-state index contributed by atoms with van der Waals surface area (Å²) in [5.41, 5.74) is 0. The molecule has 0 aromatic rings. The number of amides is 1. The van der Waals surface area contributed by atoms with E-state index in [1.165, 1.54) is 25.7 Å². The molecule has 1 aliphatic carbocycles. The highest BCUT2D eigenvalue weighted by Gasteiger charge is 2.38. The van der Waals surface area contributed by atoms with Crippen LogP contribution in [0.25, 0.3) is 0 Å². The average Bonchev–Trinajstić information content (AvgIpc) is 2.62. The van der Waals surface area contributed by atoms with E-state index in [9.17, 15) is 4.79 Å². The monoisotopic (exact) mass is 224 g/mol. The maximum Gasteiger partial charge on any atom is 0.238 e. The van der Waals surface area contributed by atoms with E-state index in [-0.39, 0.29) is 6.17 Å². The maximum absolute atomic E-state index is 11.9. The summed E-state index contributed by atoms with van der Waals surface area (Å²) in [5, 5.41) is 3.34. The van der Waals surface area contributed by atoms with Gasteiger partial charge in [-0.2, -0.15) is 0 Å². The van der Waals surface area contributed by atoms with Crippen LogP contribution in [0.2, 0.25) is 0 Å². The molecular formula is C13H24N2O. The minimum absolute atomic E-state index is 0.269. The van der Waals surface area contributed by atoms with Crippen molar-refractivity contribution in [2.24, 2.45) is 11.8 Å². The van der Waals surface area contributed by atoms with Crippen molar-refractivity contribution in [1.82, 2.24) is 10.2 Å². The van der Waals surface area contributed by atoms with Gasteiger partial charge in [-0.3, -0.25) is 10.1 Å². The largest absolute Gasteiger partial charge is 0.323 e. The van der Waals surface area contributed by atoms with Crippen molar-refractivity contribution in [2.75, 3.05) is 6.54 Å². The quantitative estimate of drug-likeness (QED) is 0.778. The molecule has 0 spiro atoms. The third kappa shape index (κ3) is 2.24. The summed E-state index contributed by atoms with van der Waals surface area (Å²) in [6.07, 6.45) is 5.21. The van der Waals surface area contributed by atoms with Crippen LogP contribution in [0.5, 0.6) is 0 Å². The number of carbonyl (C=O) groups excluding carboxylic acids is 1. The number of hydrogen-bond donors (Lipinski definition) is 1. The summed E-state index contributed by atoms with van der Waals surface area (Å²) in [4.78, 5) is 14.1. The fraction of sp³-hybridized carbons (Fsp3) is 0.923. The Morgan fingerprint density at radius 3 is 2.44 bits per heavy atom. The predicted octanol–water partition coefficient (Wildman–Crippen LogP) is 1.98. The van der Waals surface area contributed by atoms with Gasteiger partial charge in [0.25, 0.3) is 0 Å². The van der Waals surface area contributed by atoms with Crippen LogP contribution in [0.3, 0.4) is 0 Å². The SMILES string of the molecule is CC1CCC(N2C(=O)CNC2C(C)C)CC1. The Hall–Kier alpha value is -0.570. The van der Waals surface area contributed by atoms with Crippen molar-refractivity contribution in [2.45, 2.75) is 58.7 Å². The van der Waals surface area contributed by atoms with Gasteiger partial charge >= 0.3 is 0 Å². The summed E-state index contributed by atoms with van der Waals surface area (Å²) in [6.45, 7) is 7.23. The van der Waals surface area contributed by atoms with Crippen molar-refractivity contribution < 1.29 is 4.79 Å². The van der Waals surface area contributed by atoms with Crippen molar-refractivity contribution in [3.8, 4) is 0 Å². The summed E-state index contributed by atoms with van der Waals surface area (Å²) >= 11 is 0. The summed E-state index contributed by atoms with van der Waals surface area (Å²) < 4.78 is 0. The molecule has 0 bridgehead atoms. The predicted molar refractivity (Wildman–Crippen MR) is 64.9 cm³/mol. The van der Waals surface area contributed by atoms with Crippen LogP contribution in [-0.4, -0.2) is 29.6 Å². The van der Waals surface area contributed by atoms with Crippen LogP contribution >= 0.6 is 0 Å². The number of rotatable bonds is 2. The standard InChI is InChI=1S/C13H24N2O/c1-9(2)13-14-8-12(16)15(13)11-6-4-10(3)5-7-11/h9-11,13-14H,4-8H2,1-3H3. The van der Waals surface area contributed by atoms with Crippen LogP contribution in [-0.2, 0) is 4.79 Å². The van der Waals surface area contributed by atoms with Crippen LogP contribution in [0.15, 0.2) is 0 Å². The van der Waals surface area contributed by atoms with Gasteiger partial charge in [-0.25, -0.2) is 0 Å². The number of nitrogens with zero attached hydrogens (tertiary/aromatic N) is 1. The third-order valence-corrected chi connectivity index (χ3v) is 4.06. The normalized spacial score (nSPS) is 36.1. The number of hydrogen-bond acceptors (Lipinski definition) is 2. The van der Waals surface area contributed by atoms with Crippen LogP contribution in [0, 0.1) is 11.8 Å². The molecule has 1 atom stereocenters. The smallest absolute Gasteiger partial charge is 0.238 e. The van der Waals surface area contributed by atoms with Gasteiger partial charge in [-0.05, 0) is 37.5 Å². The van der Waals surface area contributed by atoms with E-state index >= 15 is 0 Å². The topological polar surface area (TPSA) is 32.3 Å². The first-order valence-corrected chi connectivity index (χ1v) is 6.64. The van der Waals surface area contributed by atoms with E-state index in [0.717, 1.165) is 5.92 Å². The molecule has 0 aromatic carbocycles. The van der Waals surface area contributed by atoms with Gasteiger partial charge in [0, 0.05) is 6.04 Å². The molecule has 0 radical (unpaired) electrons. The Balaban J connectivity index is 2.03. The molecule has 16 heavy (non-hydrogen) atoms. The molecular weight excluding hydrogens is 200 g/mol. The van der Waals surface area contributed by atoms with E-state index < -0.39 is 0 Å². The molecule has 1 aliphatic heterocycles. The third-order valence-electron chi connectivity index (χ3n) is 4.06. The summed E-state index contributed by atoms with van der Waals surface area (Å²) in [7, 11) is 0. The number of carbonyl (C=O) groups is 1. The van der Waals surface area contributed by atoms with Crippen molar-refractivity contribution in [3.05, 3.63) is 0 Å². The van der Waals surface area contributed by atoms with Gasteiger partial charge in [0.15, 0.2) is 0 Å². The van der Waals surface area contributed by atoms with Gasteiger partial charge in [-0.15, -0.1) is 0 Å². The molecule has 2 fully saturated rings. The van der Waals surface area contributed by atoms with Crippen LogP contribution in [0.1, 0.15) is 46.5 Å². The lowest BCUT2D eigenvalue weighted by Crippen LogP contribution is -2.48. The Morgan fingerprint density at radius 1 is 1.25 bits per heavy atom. The lowest BCUT2D eigenvalue weighted by atomic mass is 9.86. The van der Waals surface area contributed by atoms with Gasteiger partial charge in [0.1, 0.15) is 0 Å². The highest BCUT2D eigenvalue weighted by Crippen LogP contribution is 2.30. The highest BCUT2D eigenvalue weighted by molar-refractivity contribution is 5.81. The first-order chi connectivity index (χ1) is 7.59. The van der Waals surface area contributed by atoms with Crippen molar-refractivity contribution >= 4 is 5.91 Å². The zero-order valence-corrected chi connectivity index (χ0v) is 10.7.